The summed E-state index contributed by atoms with van der Waals surface area (Å²) >= 11 is 0. The number of halogens is 1. The Bertz CT molecular complexity index is 828. The molecule has 0 saturated heterocycles. The normalized spacial score (nSPS) is 16.8. The van der Waals surface area contributed by atoms with Gasteiger partial charge in [-0.1, -0.05) is 36.4 Å². The predicted molar refractivity (Wildman–Crippen MR) is 93.0 cm³/mol. The van der Waals surface area contributed by atoms with Gasteiger partial charge in [-0.2, -0.15) is 0 Å². The van der Waals surface area contributed by atoms with Crippen molar-refractivity contribution in [2.45, 2.75) is 25.8 Å². The molecule has 0 radical (unpaired) electrons. The Balaban J connectivity index is 1.78. The lowest BCUT2D eigenvalue weighted by molar-refractivity contribution is -0.121. The van der Waals surface area contributed by atoms with E-state index in [0.29, 0.717) is 12.1 Å². The maximum absolute atomic E-state index is 13.2. The van der Waals surface area contributed by atoms with Crippen molar-refractivity contribution in [3.05, 3.63) is 82.8 Å². The average molecular weight is 338 g/mol. The van der Waals surface area contributed by atoms with Crippen LogP contribution >= 0.6 is 0 Å². The van der Waals surface area contributed by atoms with Crippen molar-refractivity contribution >= 4 is 11.8 Å². The molecule has 2 amide bonds. The molecule has 1 atom stereocenters. The van der Waals surface area contributed by atoms with Gasteiger partial charge in [-0.15, -0.1) is 0 Å². The zero-order valence-corrected chi connectivity index (χ0v) is 13.9. The van der Waals surface area contributed by atoms with E-state index in [-0.39, 0.29) is 30.0 Å². The maximum atomic E-state index is 13.2. The standard InChI is InChI=1S/C20H19FN2O2/c1-13-4-2-3-5-15(13)11-23-20(25)18-12-22-19(24)10-17(18)14-6-8-16(21)9-7-14/h2-9,12,17H,10-11H2,1H3,(H,22,24)(H,23,25). The first-order chi connectivity index (χ1) is 12.0. The lowest BCUT2D eigenvalue weighted by Crippen LogP contribution is -2.34. The first-order valence-corrected chi connectivity index (χ1v) is 8.12. The van der Waals surface area contributed by atoms with Gasteiger partial charge in [-0.3, -0.25) is 9.59 Å². The van der Waals surface area contributed by atoms with Crippen molar-refractivity contribution in [1.82, 2.24) is 10.6 Å². The van der Waals surface area contributed by atoms with Crippen LogP contribution in [0.5, 0.6) is 0 Å². The molecule has 0 saturated carbocycles. The van der Waals surface area contributed by atoms with Crippen LogP contribution in [0.25, 0.3) is 0 Å². The van der Waals surface area contributed by atoms with E-state index >= 15 is 0 Å². The number of amides is 2. The SMILES string of the molecule is Cc1ccccc1CNC(=O)C1=CNC(=O)CC1c1ccc(F)cc1. The molecule has 3 rings (SSSR count). The number of hydrogen-bond acceptors (Lipinski definition) is 2. The van der Waals surface area contributed by atoms with E-state index in [2.05, 4.69) is 10.6 Å². The molecule has 1 aliphatic heterocycles. The first kappa shape index (κ1) is 16.9. The molecule has 25 heavy (non-hydrogen) atoms. The molecule has 0 bridgehead atoms. The largest absolute Gasteiger partial charge is 0.348 e. The second kappa shape index (κ2) is 7.30. The topological polar surface area (TPSA) is 58.2 Å². The molecule has 1 unspecified atom stereocenters. The molecule has 1 aliphatic rings. The number of carbonyl (C=O) groups excluding carboxylic acids is 2. The van der Waals surface area contributed by atoms with Gasteiger partial charge in [0.25, 0.3) is 0 Å². The zero-order valence-electron chi connectivity index (χ0n) is 13.9. The van der Waals surface area contributed by atoms with Gasteiger partial charge >= 0.3 is 0 Å². The average Bonchev–Trinajstić information content (AvgIpc) is 2.61. The van der Waals surface area contributed by atoms with Gasteiger partial charge in [-0.25, -0.2) is 4.39 Å². The number of nitrogens with one attached hydrogen (secondary N) is 2. The van der Waals surface area contributed by atoms with Gasteiger partial charge in [0.05, 0.1) is 0 Å². The Kier molecular flexibility index (Phi) is 4.93. The summed E-state index contributed by atoms with van der Waals surface area (Å²) < 4.78 is 13.2. The molecule has 5 heteroatoms. The van der Waals surface area contributed by atoms with Gasteiger partial charge in [0.15, 0.2) is 0 Å². The Morgan fingerprint density at radius 2 is 1.92 bits per heavy atom. The van der Waals surface area contributed by atoms with Crippen molar-refractivity contribution in [2.75, 3.05) is 0 Å². The van der Waals surface area contributed by atoms with E-state index in [0.717, 1.165) is 16.7 Å². The molecular formula is C20H19FN2O2. The van der Waals surface area contributed by atoms with Crippen LogP contribution < -0.4 is 10.6 Å². The minimum Gasteiger partial charge on any atom is -0.348 e. The third kappa shape index (κ3) is 3.94. The number of carbonyl (C=O) groups is 2. The van der Waals surface area contributed by atoms with Crippen molar-refractivity contribution < 1.29 is 14.0 Å². The van der Waals surface area contributed by atoms with Gasteiger partial charge in [0.1, 0.15) is 5.82 Å². The van der Waals surface area contributed by atoms with Gasteiger partial charge < -0.3 is 10.6 Å². The highest BCUT2D eigenvalue weighted by Gasteiger charge is 2.28. The number of benzene rings is 2. The molecule has 2 N–H and O–H groups in total. The summed E-state index contributed by atoms with van der Waals surface area (Å²) in [5.41, 5.74) is 3.35. The minimum absolute atomic E-state index is 0.162. The molecule has 128 valence electrons. The first-order valence-electron chi connectivity index (χ1n) is 8.12. The molecule has 0 fully saturated rings. The lowest BCUT2D eigenvalue weighted by Gasteiger charge is -2.24. The highest BCUT2D eigenvalue weighted by molar-refractivity contribution is 5.98. The van der Waals surface area contributed by atoms with Crippen molar-refractivity contribution in [3.63, 3.8) is 0 Å². The Morgan fingerprint density at radius 3 is 2.64 bits per heavy atom. The molecule has 4 nitrogen and oxygen atoms in total. The highest BCUT2D eigenvalue weighted by atomic mass is 19.1. The van der Waals surface area contributed by atoms with E-state index in [1.54, 1.807) is 12.1 Å². The van der Waals surface area contributed by atoms with Crippen LogP contribution in [-0.2, 0) is 16.1 Å². The number of hydrogen-bond donors (Lipinski definition) is 2. The smallest absolute Gasteiger partial charge is 0.249 e. The molecule has 1 heterocycles. The van der Waals surface area contributed by atoms with Crippen molar-refractivity contribution in [2.24, 2.45) is 0 Å². The third-order valence-corrected chi connectivity index (χ3v) is 4.39. The Labute approximate surface area is 145 Å². The Hall–Kier alpha value is -2.95. The number of rotatable bonds is 4. The van der Waals surface area contributed by atoms with Crippen LogP contribution in [0.2, 0.25) is 0 Å². The summed E-state index contributed by atoms with van der Waals surface area (Å²) in [6.45, 7) is 2.40. The molecule has 2 aromatic rings. The van der Waals surface area contributed by atoms with E-state index in [9.17, 15) is 14.0 Å². The number of aryl methyl sites for hydroxylation is 1. The minimum atomic E-state index is -0.383. The van der Waals surface area contributed by atoms with Crippen LogP contribution in [0.3, 0.4) is 0 Å². The molecule has 0 aliphatic carbocycles. The van der Waals surface area contributed by atoms with Crippen LogP contribution in [0.1, 0.15) is 29.0 Å². The fourth-order valence-corrected chi connectivity index (χ4v) is 2.92. The van der Waals surface area contributed by atoms with Crippen LogP contribution in [0, 0.1) is 12.7 Å². The molecule has 0 aromatic heterocycles. The van der Waals surface area contributed by atoms with Gasteiger partial charge in [-0.05, 0) is 35.7 Å². The second-order valence-electron chi connectivity index (χ2n) is 6.08. The molecule has 0 spiro atoms. The predicted octanol–water partition coefficient (Wildman–Crippen LogP) is 2.94. The van der Waals surface area contributed by atoms with Crippen molar-refractivity contribution in [3.8, 4) is 0 Å². The summed E-state index contributed by atoms with van der Waals surface area (Å²) in [4.78, 5) is 24.4. The summed E-state index contributed by atoms with van der Waals surface area (Å²) in [6.07, 6.45) is 1.61. The highest BCUT2D eigenvalue weighted by Crippen LogP contribution is 2.30. The van der Waals surface area contributed by atoms with E-state index in [1.165, 1.54) is 18.3 Å². The van der Waals surface area contributed by atoms with Crippen LogP contribution in [-0.4, -0.2) is 11.8 Å². The fraction of sp³-hybridized carbons (Fsp3) is 0.200. The van der Waals surface area contributed by atoms with Crippen molar-refractivity contribution in [1.29, 1.82) is 0 Å². The summed E-state index contributed by atoms with van der Waals surface area (Å²) in [5, 5.41) is 5.50. The Morgan fingerprint density at radius 1 is 1.20 bits per heavy atom. The zero-order chi connectivity index (χ0) is 17.8. The van der Waals surface area contributed by atoms with Gasteiger partial charge in [0.2, 0.25) is 11.8 Å². The lowest BCUT2D eigenvalue weighted by atomic mass is 9.86. The summed E-state index contributed by atoms with van der Waals surface area (Å²) in [5.74, 6) is -1.13. The quantitative estimate of drug-likeness (QED) is 0.900. The monoisotopic (exact) mass is 338 g/mol. The summed E-state index contributed by atoms with van der Waals surface area (Å²) in [6, 6.07) is 13.7. The summed E-state index contributed by atoms with van der Waals surface area (Å²) in [7, 11) is 0. The van der Waals surface area contributed by atoms with Crippen LogP contribution in [0.15, 0.2) is 60.3 Å². The molecule has 2 aromatic carbocycles. The van der Waals surface area contributed by atoms with E-state index in [4.69, 9.17) is 0 Å². The maximum Gasteiger partial charge on any atom is 0.249 e. The van der Waals surface area contributed by atoms with Crippen LogP contribution in [0.4, 0.5) is 4.39 Å². The second-order valence-corrected chi connectivity index (χ2v) is 6.08. The molecular weight excluding hydrogens is 319 g/mol. The fourth-order valence-electron chi connectivity index (χ4n) is 2.92. The van der Waals surface area contributed by atoms with Gasteiger partial charge in [0, 0.05) is 30.7 Å². The van der Waals surface area contributed by atoms with E-state index in [1.807, 2.05) is 31.2 Å². The van der Waals surface area contributed by atoms with E-state index < -0.39 is 0 Å². The third-order valence-electron chi connectivity index (χ3n) is 4.39.